The molecule has 1 rings (SSSR count). The first-order valence-corrected chi connectivity index (χ1v) is 5.01. The van der Waals surface area contributed by atoms with E-state index in [2.05, 4.69) is 18.7 Å². The molecule has 0 radical (unpaired) electrons. The van der Waals surface area contributed by atoms with Gasteiger partial charge in [0.2, 0.25) is 0 Å². The van der Waals surface area contributed by atoms with Crippen LogP contribution in [0.4, 0.5) is 0 Å². The van der Waals surface area contributed by atoms with Crippen LogP contribution in [0.3, 0.4) is 0 Å². The molecule has 80 valence electrons. The molecule has 0 amide bonds. The van der Waals surface area contributed by atoms with Gasteiger partial charge in [-0.3, -0.25) is 4.90 Å². The third-order valence-corrected chi connectivity index (χ3v) is 2.60. The summed E-state index contributed by atoms with van der Waals surface area (Å²) in [5.41, 5.74) is 1.32. The van der Waals surface area contributed by atoms with Crippen LogP contribution in [-0.4, -0.2) is 35.6 Å². The lowest BCUT2D eigenvalue weighted by Crippen LogP contribution is -2.25. The molecule has 0 aromatic carbocycles. The van der Waals surface area contributed by atoms with E-state index >= 15 is 0 Å². The second kappa shape index (κ2) is 4.13. The highest BCUT2D eigenvalue weighted by Crippen LogP contribution is 2.28. The SMILES string of the molecule is CC(=CC(=O)O)CN1CCC(C)(C)C1. The first-order valence-electron chi connectivity index (χ1n) is 5.01. The lowest BCUT2D eigenvalue weighted by Gasteiger charge is -2.19. The topological polar surface area (TPSA) is 40.5 Å². The van der Waals surface area contributed by atoms with Crippen LogP contribution in [0.2, 0.25) is 0 Å². The summed E-state index contributed by atoms with van der Waals surface area (Å²) >= 11 is 0. The van der Waals surface area contributed by atoms with E-state index in [1.807, 2.05) is 6.92 Å². The molecule has 0 spiro atoms. The van der Waals surface area contributed by atoms with Crippen LogP contribution in [-0.2, 0) is 4.79 Å². The number of carboxylic acid groups (broad SMARTS) is 1. The average Bonchev–Trinajstić information content (AvgIpc) is 2.27. The zero-order valence-corrected chi connectivity index (χ0v) is 9.21. The summed E-state index contributed by atoms with van der Waals surface area (Å²) in [5.74, 6) is -0.846. The summed E-state index contributed by atoms with van der Waals surface area (Å²) in [6.07, 6.45) is 2.50. The van der Waals surface area contributed by atoms with E-state index in [4.69, 9.17) is 5.11 Å². The van der Waals surface area contributed by atoms with Gasteiger partial charge in [0.1, 0.15) is 0 Å². The number of hydrogen-bond donors (Lipinski definition) is 1. The molecule has 1 fully saturated rings. The molecule has 1 aliphatic rings. The Balaban J connectivity index is 2.43. The highest BCUT2D eigenvalue weighted by atomic mass is 16.4. The molecule has 0 aromatic rings. The van der Waals surface area contributed by atoms with Crippen molar-refractivity contribution in [3.05, 3.63) is 11.6 Å². The standard InChI is InChI=1S/C11H19NO2/c1-9(6-10(13)14)7-12-5-4-11(2,3)8-12/h6H,4-5,7-8H2,1-3H3,(H,13,14). The number of hydrogen-bond acceptors (Lipinski definition) is 2. The summed E-state index contributed by atoms with van der Waals surface area (Å²) in [4.78, 5) is 12.7. The van der Waals surface area contributed by atoms with Gasteiger partial charge in [-0.25, -0.2) is 4.79 Å². The third-order valence-electron chi connectivity index (χ3n) is 2.60. The molecule has 0 aromatic heterocycles. The fourth-order valence-corrected chi connectivity index (χ4v) is 1.97. The van der Waals surface area contributed by atoms with E-state index in [0.717, 1.165) is 25.2 Å². The van der Waals surface area contributed by atoms with Gasteiger partial charge < -0.3 is 5.11 Å². The molecule has 0 aliphatic carbocycles. The molecule has 14 heavy (non-hydrogen) atoms. The smallest absolute Gasteiger partial charge is 0.328 e. The number of carbonyl (C=O) groups is 1. The summed E-state index contributed by atoms with van der Waals surface area (Å²) in [7, 11) is 0. The number of aliphatic carboxylic acids is 1. The minimum absolute atomic E-state index is 0.392. The Bertz CT molecular complexity index is 256. The number of rotatable bonds is 3. The first-order chi connectivity index (χ1) is 6.39. The molecule has 0 unspecified atom stereocenters. The van der Waals surface area contributed by atoms with Gasteiger partial charge in [-0.05, 0) is 25.3 Å². The van der Waals surface area contributed by atoms with E-state index in [9.17, 15) is 4.79 Å². The van der Waals surface area contributed by atoms with Crippen molar-refractivity contribution in [2.24, 2.45) is 5.41 Å². The van der Waals surface area contributed by atoms with Crippen LogP contribution >= 0.6 is 0 Å². The molecule has 0 atom stereocenters. The second-order valence-electron chi connectivity index (χ2n) is 4.95. The van der Waals surface area contributed by atoms with Gasteiger partial charge in [-0.2, -0.15) is 0 Å². The van der Waals surface area contributed by atoms with Gasteiger partial charge in [0.25, 0.3) is 0 Å². The van der Waals surface area contributed by atoms with Gasteiger partial charge in [0.05, 0.1) is 0 Å². The molecule has 1 N–H and O–H groups in total. The Morgan fingerprint density at radius 3 is 2.64 bits per heavy atom. The van der Waals surface area contributed by atoms with Gasteiger partial charge >= 0.3 is 5.97 Å². The normalized spacial score (nSPS) is 22.6. The van der Waals surface area contributed by atoms with Crippen LogP contribution in [0.15, 0.2) is 11.6 Å². The summed E-state index contributed by atoms with van der Waals surface area (Å²) < 4.78 is 0. The monoisotopic (exact) mass is 197 g/mol. The van der Waals surface area contributed by atoms with E-state index < -0.39 is 5.97 Å². The van der Waals surface area contributed by atoms with Crippen LogP contribution in [0.25, 0.3) is 0 Å². The Morgan fingerprint density at radius 2 is 2.21 bits per heavy atom. The van der Waals surface area contributed by atoms with E-state index in [-0.39, 0.29) is 0 Å². The van der Waals surface area contributed by atoms with E-state index in [0.29, 0.717) is 5.41 Å². The van der Waals surface area contributed by atoms with Gasteiger partial charge in [-0.15, -0.1) is 0 Å². The number of carboxylic acids is 1. The van der Waals surface area contributed by atoms with Gasteiger partial charge in [0.15, 0.2) is 0 Å². The molecule has 0 saturated carbocycles. The lowest BCUT2D eigenvalue weighted by molar-refractivity contribution is -0.131. The lowest BCUT2D eigenvalue weighted by atomic mass is 9.93. The van der Waals surface area contributed by atoms with Crippen molar-refractivity contribution >= 4 is 5.97 Å². The van der Waals surface area contributed by atoms with Crippen LogP contribution in [0.5, 0.6) is 0 Å². The maximum atomic E-state index is 10.4. The molecule has 3 heteroatoms. The predicted octanol–water partition coefficient (Wildman–Crippen LogP) is 1.75. The Morgan fingerprint density at radius 1 is 1.57 bits per heavy atom. The maximum Gasteiger partial charge on any atom is 0.328 e. The molecule has 3 nitrogen and oxygen atoms in total. The van der Waals surface area contributed by atoms with Crippen LogP contribution < -0.4 is 0 Å². The molecule has 0 bridgehead atoms. The Kier molecular flexibility index (Phi) is 3.32. The largest absolute Gasteiger partial charge is 0.478 e. The van der Waals surface area contributed by atoms with Crippen LogP contribution in [0.1, 0.15) is 27.2 Å². The van der Waals surface area contributed by atoms with Crippen molar-refractivity contribution in [3.63, 3.8) is 0 Å². The Hall–Kier alpha value is -0.830. The zero-order chi connectivity index (χ0) is 10.8. The molecular formula is C11H19NO2. The van der Waals surface area contributed by atoms with Crippen molar-refractivity contribution in [2.75, 3.05) is 19.6 Å². The van der Waals surface area contributed by atoms with Gasteiger partial charge in [0, 0.05) is 19.2 Å². The van der Waals surface area contributed by atoms with Crippen molar-refractivity contribution in [3.8, 4) is 0 Å². The third kappa shape index (κ3) is 3.50. The fourth-order valence-electron chi connectivity index (χ4n) is 1.97. The second-order valence-corrected chi connectivity index (χ2v) is 4.95. The van der Waals surface area contributed by atoms with E-state index in [1.54, 1.807) is 0 Å². The van der Waals surface area contributed by atoms with Crippen molar-refractivity contribution in [2.45, 2.75) is 27.2 Å². The highest BCUT2D eigenvalue weighted by molar-refractivity contribution is 5.80. The van der Waals surface area contributed by atoms with Crippen molar-refractivity contribution < 1.29 is 9.90 Å². The fraction of sp³-hybridized carbons (Fsp3) is 0.727. The minimum atomic E-state index is -0.846. The summed E-state index contributed by atoms with van der Waals surface area (Å²) in [5, 5.41) is 8.57. The maximum absolute atomic E-state index is 10.4. The minimum Gasteiger partial charge on any atom is -0.478 e. The predicted molar refractivity (Wildman–Crippen MR) is 56.2 cm³/mol. The van der Waals surface area contributed by atoms with Crippen molar-refractivity contribution in [1.29, 1.82) is 0 Å². The van der Waals surface area contributed by atoms with Crippen molar-refractivity contribution in [1.82, 2.24) is 4.90 Å². The first kappa shape index (κ1) is 11.2. The molecule has 1 aliphatic heterocycles. The number of likely N-dealkylation sites (tertiary alicyclic amines) is 1. The zero-order valence-electron chi connectivity index (χ0n) is 9.21. The Labute approximate surface area is 85.4 Å². The number of nitrogens with zero attached hydrogens (tertiary/aromatic N) is 1. The highest BCUT2D eigenvalue weighted by Gasteiger charge is 2.28. The average molecular weight is 197 g/mol. The van der Waals surface area contributed by atoms with Crippen LogP contribution in [0, 0.1) is 5.41 Å². The summed E-state index contributed by atoms with van der Waals surface area (Å²) in [6.45, 7) is 9.32. The molecule has 1 saturated heterocycles. The quantitative estimate of drug-likeness (QED) is 0.701. The summed E-state index contributed by atoms with van der Waals surface area (Å²) in [6, 6.07) is 0. The van der Waals surface area contributed by atoms with Gasteiger partial charge in [-0.1, -0.05) is 19.4 Å². The van der Waals surface area contributed by atoms with E-state index in [1.165, 1.54) is 12.5 Å². The molecular weight excluding hydrogens is 178 g/mol. The molecule has 1 heterocycles.